The molecule has 1 heterocycles. The average molecular weight is 434 g/mol. The van der Waals surface area contributed by atoms with Crippen LogP contribution in [0.2, 0.25) is 5.02 Å². The van der Waals surface area contributed by atoms with Gasteiger partial charge in [-0.3, -0.25) is 9.69 Å². The fraction of sp³-hybridized carbons (Fsp3) is 0.435. The third kappa shape index (κ3) is 5.64. The van der Waals surface area contributed by atoms with E-state index >= 15 is 0 Å². The molecular weight excluding hydrogens is 405 g/mol. The maximum atomic E-state index is 14.5. The minimum absolute atomic E-state index is 0.128. The van der Waals surface area contributed by atoms with Crippen LogP contribution in [-0.4, -0.2) is 43.1 Å². The lowest BCUT2D eigenvalue weighted by Gasteiger charge is -2.41. The van der Waals surface area contributed by atoms with Crippen molar-refractivity contribution < 1.29 is 13.9 Å². The molecule has 1 amide bonds. The van der Waals surface area contributed by atoms with Gasteiger partial charge in [0.1, 0.15) is 11.6 Å². The second-order valence-corrected chi connectivity index (χ2v) is 8.28. The first-order chi connectivity index (χ1) is 14.4. The minimum atomic E-state index is -0.277. The van der Waals surface area contributed by atoms with Crippen LogP contribution in [-0.2, 0) is 11.3 Å². The Morgan fingerprint density at radius 1 is 1.27 bits per heavy atom. The van der Waals surface area contributed by atoms with Crippen LogP contribution in [0.15, 0.2) is 42.5 Å². The van der Waals surface area contributed by atoms with Crippen molar-refractivity contribution in [3.8, 4) is 5.75 Å². The Bertz CT molecular complexity index is 854. The average Bonchev–Trinajstić information content (AvgIpc) is 2.74. The predicted octanol–water partition coefficient (Wildman–Crippen LogP) is 4.22. The minimum Gasteiger partial charge on any atom is -0.497 e. The molecule has 1 atom stereocenters. The molecule has 1 aliphatic rings. The summed E-state index contributed by atoms with van der Waals surface area (Å²) in [4.78, 5) is 15.8. The van der Waals surface area contributed by atoms with E-state index in [1.807, 2.05) is 31.2 Å². The standard InChI is InChI=1S/C23H29ClFN3O2/c1-16(13-23(26)29)27-11-9-20(10-12-27)28(19-4-6-21(30-2)7-5-19)15-17-14-18(24)3-8-22(17)25/h3-8,14,16,20H,9-13,15H2,1-2H3,(H2,26,29). The number of halogens is 2. The number of carbonyl (C=O) groups is 1. The molecule has 7 heteroatoms. The van der Waals surface area contributed by atoms with Gasteiger partial charge in [-0.2, -0.15) is 0 Å². The van der Waals surface area contributed by atoms with Gasteiger partial charge in [0.2, 0.25) is 5.91 Å². The molecule has 30 heavy (non-hydrogen) atoms. The summed E-state index contributed by atoms with van der Waals surface area (Å²) in [6, 6.07) is 12.9. The largest absolute Gasteiger partial charge is 0.497 e. The number of nitrogens with two attached hydrogens (primary N) is 1. The topological polar surface area (TPSA) is 58.8 Å². The molecule has 5 nitrogen and oxygen atoms in total. The molecule has 0 radical (unpaired) electrons. The molecule has 2 N–H and O–H groups in total. The number of rotatable bonds is 8. The quantitative estimate of drug-likeness (QED) is 0.677. The summed E-state index contributed by atoms with van der Waals surface area (Å²) in [5.74, 6) is 0.245. The van der Waals surface area contributed by atoms with E-state index in [1.165, 1.54) is 6.07 Å². The maximum absolute atomic E-state index is 14.5. The normalized spacial score (nSPS) is 16.3. The molecule has 0 aliphatic carbocycles. The van der Waals surface area contributed by atoms with Crippen molar-refractivity contribution in [3.63, 3.8) is 0 Å². The van der Waals surface area contributed by atoms with Gasteiger partial charge in [-0.25, -0.2) is 4.39 Å². The van der Waals surface area contributed by atoms with Gasteiger partial charge in [-0.1, -0.05) is 11.6 Å². The molecule has 1 fully saturated rings. The van der Waals surface area contributed by atoms with Crippen molar-refractivity contribution in [3.05, 3.63) is 58.9 Å². The number of ether oxygens (including phenoxy) is 1. The Morgan fingerprint density at radius 2 is 1.93 bits per heavy atom. The molecule has 0 bridgehead atoms. The Morgan fingerprint density at radius 3 is 2.53 bits per heavy atom. The zero-order chi connectivity index (χ0) is 21.7. The van der Waals surface area contributed by atoms with Gasteiger partial charge in [0.25, 0.3) is 0 Å². The van der Waals surface area contributed by atoms with Crippen molar-refractivity contribution >= 4 is 23.2 Å². The summed E-state index contributed by atoms with van der Waals surface area (Å²) in [7, 11) is 1.64. The van der Waals surface area contributed by atoms with Crippen molar-refractivity contribution in [2.45, 2.75) is 44.8 Å². The molecule has 2 aromatic carbocycles. The number of likely N-dealkylation sites (tertiary alicyclic amines) is 1. The first-order valence-corrected chi connectivity index (χ1v) is 10.6. The Balaban J connectivity index is 1.79. The van der Waals surface area contributed by atoms with Gasteiger partial charge >= 0.3 is 0 Å². The van der Waals surface area contributed by atoms with Gasteiger partial charge in [0, 0.05) is 54.4 Å². The number of piperidine rings is 1. The molecule has 162 valence electrons. The van der Waals surface area contributed by atoms with Gasteiger partial charge in [-0.15, -0.1) is 0 Å². The van der Waals surface area contributed by atoms with Crippen LogP contribution in [0.5, 0.6) is 5.75 Å². The highest BCUT2D eigenvalue weighted by atomic mass is 35.5. The number of methoxy groups -OCH3 is 1. The number of benzene rings is 2. The summed E-state index contributed by atoms with van der Waals surface area (Å²) < 4.78 is 19.7. The van der Waals surface area contributed by atoms with E-state index in [-0.39, 0.29) is 23.8 Å². The molecule has 0 saturated carbocycles. The lowest BCUT2D eigenvalue weighted by atomic mass is 9.99. The van der Waals surface area contributed by atoms with Gasteiger partial charge < -0.3 is 15.4 Å². The highest BCUT2D eigenvalue weighted by molar-refractivity contribution is 6.30. The highest BCUT2D eigenvalue weighted by Gasteiger charge is 2.28. The summed E-state index contributed by atoms with van der Waals surface area (Å²) in [6.07, 6.45) is 2.19. The third-order valence-corrected chi connectivity index (χ3v) is 6.05. The Kier molecular flexibility index (Phi) is 7.56. The fourth-order valence-electron chi connectivity index (χ4n) is 4.11. The van der Waals surface area contributed by atoms with Crippen LogP contribution in [0, 0.1) is 5.82 Å². The molecule has 1 unspecified atom stereocenters. The molecule has 1 aliphatic heterocycles. The van der Waals surface area contributed by atoms with Crippen LogP contribution in [0.25, 0.3) is 0 Å². The van der Waals surface area contributed by atoms with Crippen LogP contribution >= 0.6 is 11.6 Å². The second kappa shape index (κ2) is 10.1. The predicted molar refractivity (Wildman–Crippen MR) is 118 cm³/mol. The molecular formula is C23H29ClFN3O2. The zero-order valence-corrected chi connectivity index (χ0v) is 18.2. The van der Waals surface area contributed by atoms with E-state index in [0.717, 1.165) is 37.4 Å². The second-order valence-electron chi connectivity index (χ2n) is 7.85. The van der Waals surface area contributed by atoms with Crippen LogP contribution in [0.3, 0.4) is 0 Å². The first kappa shape index (κ1) is 22.4. The van der Waals surface area contributed by atoms with E-state index in [4.69, 9.17) is 22.1 Å². The Hall–Kier alpha value is -2.31. The SMILES string of the molecule is COc1ccc(N(Cc2cc(Cl)ccc2F)C2CCN(C(C)CC(N)=O)CC2)cc1. The lowest BCUT2D eigenvalue weighted by molar-refractivity contribution is -0.119. The van der Waals surface area contributed by atoms with E-state index in [2.05, 4.69) is 9.80 Å². The molecule has 0 spiro atoms. The van der Waals surface area contributed by atoms with E-state index in [1.54, 1.807) is 19.2 Å². The highest BCUT2D eigenvalue weighted by Crippen LogP contribution is 2.29. The summed E-state index contributed by atoms with van der Waals surface area (Å²) in [6.45, 7) is 4.20. The lowest BCUT2D eigenvalue weighted by Crippen LogP contribution is -2.48. The number of primary amides is 1. The van der Waals surface area contributed by atoms with Crippen LogP contribution in [0.1, 0.15) is 31.7 Å². The number of carbonyl (C=O) groups excluding carboxylic acids is 1. The molecule has 2 aromatic rings. The van der Waals surface area contributed by atoms with Crippen molar-refractivity contribution in [2.24, 2.45) is 5.73 Å². The van der Waals surface area contributed by atoms with Crippen LogP contribution < -0.4 is 15.4 Å². The Labute approximate surface area is 182 Å². The van der Waals surface area contributed by atoms with Crippen molar-refractivity contribution in [1.82, 2.24) is 4.90 Å². The number of anilines is 1. The number of nitrogens with zero attached hydrogens (tertiary/aromatic N) is 2. The fourth-order valence-corrected chi connectivity index (χ4v) is 4.31. The molecule has 0 aromatic heterocycles. The first-order valence-electron chi connectivity index (χ1n) is 10.2. The van der Waals surface area contributed by atoms with Gasteiger partial charge in [0.05, 0.1) is 7.11 Å². The van der Waals surface area contributed by atoms with E-state index in [0.29, 0.717) is 23.6 Å². The zero-order valence-electron chi connectivity index (χ0n) is 17.5. The molecule has 1 saturated heterocycles. The number of amides is 1. The number of hydrogen-bond acceptors (Lipinski definition) is 4. The van der Waals surface area contributed by atoms with Crippen LogP contribution in [0.4, 0.5) is 10.1 Å². The van der Waals surface area contributed by atoms with Gasteiger partial charge in [-0.05, 0) is 62.2 Å². The summed E-state index contributed by atoms with van der Waals surface area (Å²) in [5, 5.41) is 0.524. The smallest absolute Gasteiger partial charge is 0.218 e. The van der Waals surface area contributed by atoms with E-state index < -0.39 is 0 Å². The molecule has 3 rings (SSSR count). The van der Waals surface area contributed by atoms with Crippen molar-refractivity contribution in [1.29, 1.82) is 0 Å². The number of hydrogen-bond donors (Lipinski definition) is 1. The summed E-state index contributed by atoms with van der Waals surface area (Å²) in [5.41, 5.74) is 6.94. The monoisotopic (exact) mass is 433 g/mol. The van der Waals surface area contributed by atoms with Gasteiger partial charge in [0.15, 0.2) is 0 Å². The van der Waals surface area contributed by atoms with Crippen molar-refractivity contribution in [2.75, 3.05) is 25.1 Å². The maximum Gasteiger partial charge on any atom is 0.218 e. The van der Waals surface area contributed by atoms with E-state index in [9.17, 15) is 9.18 Å². The summed E-state index contributed by atoms with van der Waals surface area (Å²) >= 11 is 6.12. The third-order valence-electron chi connectivity index (χ3n) is 5.81.